The molecule has 3 nitrogen and oxygen atoms in total. The highest BCUT2D eigenvalue weighted by Gasteiger charge is 2.22. The molecule has 0 N–H and O–H groups in total. The molecular formula is C26H34F2O3. The standard InChI is InChI=1S/C26H34F2O3/c1-3-5-7-21-11-8-19(17-30-21)18-31-22-12-9-20(10-13-22)23-14-15-24(26(28)25(23)27)29-16-6-4-2/h9-10,12-15,19,21H,3-8,11,16-18H2,1-2H3. The fraction of sp³-hybridized carbons (Fsp3) is 0.538. The molecule has 1 fully saturated rings. The summed E-state index contributed by atoms with van der Waals surface area (Å²) in [5, 5.41) is 0. The molecule has 0 bridgehead atoms. The minimum Gasteiger partial charge on any atom is -0.493 e. The van der Waals surface area contributed by atoms with Crippen LogP contribution in [-0.4, -0.2) is 25.9 Å². The Morgan fingerprint density at radius 2 is 1.68 bits per heavy atom. The van der Waals surface area contributed by atoms with Gasteiger partial charge in [0.2, 0.25) is 5.82 Å². The van der Waals surface area contributed by atoms with Crippen LogP contribution in [0.15, 0.2) is 36.4 Å². The Bertz CT molecular complexity index is 799. The van der Waals surface area contributed by atoms with Gasteiger partial charge in [-0.05, 0) is 55.5 Å². The van der Waals surface area contributed by atoms with Crippen molar-refractivity contribution in [2.75, 3.05) is 19.8 Å². The predicted octanol–water partition coefficient (Wildman–Crippen LogP) is 7.17. The number of unbranched alkanes of at least 4 members (excludes halogenated alkanes) is 2. The highest BCUT2D eigenvalue weighted by Crippen LogP contribution is 2.31. The monoisotopic (exact) mass is 432 g/mol. The first kappa shape index (κ1) is 23.5. The molecule has 0 radical (unpaired) electrons. The van der Waals surface area contributed by atoms with E-state index < -0.39 is 11.6 Å². The number of hydrogen-bond donors (Lipinski definition) is 0. The van der Waals surface area contributed by atoms with E-state index in [1.54, 1.807) is 30.3 Å². The molecule has 0 saturated carbocycles. The van der Waals surface area contributed by atoms with Gasteiger partial charge in [0.1, 0.15) is 5.75 Å². The van der Waals surface area contributed by atoms with Crippen LogP contribution in [0.2, 0.25) is 0 Å². The molecule has 3 rings (SSSR count). The number of halogens is 2. The summed E-state index contributed by atoms with van der Waals surface area (Å²) in [7, 11) is 0. The SMILES string of the molecule is CCCCOc1ccc(-c2ccc(OCC3CCC(CCCC)OC3)cc2)c(F)c1F. The molecule has 1 saturated heterocycles. The maximum Gasteiger partial charge on any atom is 0.201 e. The van der Waals surface area contributed by atoms with Crippen molar-refractivity contribution in [1.82, 2.24) is 0 Å². The number of ether oxygens (including phenoxy) is 3. The zero-order valence-electron chi connectivity index (χ0n) is 18.7. The molecule has 0 amide bonds. The van der Waals surface area contributed by atoms with Gasteiger partial charge in [-0.15, -0.1) is 0 Å². The van der Waals surface area contributed by atoms with Crippen LogP contribution < -0.4 is 9.47 Å². The third-order valence-electron chi connectivity index (χ3n) is 5.80. The topological polar surface area (TPSA) is 27.7 Å². The van der Waals surface area contributed by atoms with Gasteiger partial charge >= 0.3 is 0 Å². The second kappa shape index (κ2) is 12.0. The van der Waals surface area contributed by atoms with Crippen molar-refractivity contribution >= 4 is 0 Å². The van der Waals surface area contributed by atoms with Gasteiger partial charge in [-0.1, -0.05) is 45.2 Å². The highest BCUT2D eigenvalue weighted by molar-refractivity contribution is 5.66. The Kier molecular flexibility index (Phi) is 9.13. The van der Waals surface area contributed by atoms with Crippen LogP contribution in [0.3, 0.4) is 0 Å². The first-order chi connectivity index (χ1) is 15.1. The Morgan fingerprint density at radius 3 is 2.35 bits per heavy atom. The van der Waals surface area contributed by atoms with Crippen LogP contribution in [0, 0.1) is 17.6 Å². The van der Waals surface area contributed by atoms with Gasteiger partial charge in [0.05, 0.1) is 25.9 Å². The van der Waals surface area contributed by atoms with Crippen molar-refractivity contribution in [3.8, 4) is 22.6 Å². The minimum absolute atomic E-state index is 0.0405. The Balaban J connectivity index is 1.53. The average molecular weight is 433 g/mol. The van der Waals surface area contributed by atoms with Gasteiger partial charge < -0.3 is 14.2 Å². The molecule has 0 spiro atoms. The number of hydrogen-bond acceptors (Lipinski definition) is 3. The molecule has 2 atom stereocenters. The third-order valence-corrected chi connectivity index (χ3v) is 5.80. The molecular weight excluding hydrogens is 398 g/mol. The summed E-state index contributed by atoms with van der Waals surface area (Å²) in [5.41, 5.74) is 0.814. The predicted molar refractivity (Wildman–Crippen MR) is 120 cm³/mol. The van der Waals surface area contributed by atoms with Crippen molar-refractivity contribution in [2.45, 2.75) is 64.9 Å². The number of benzene rings is 2. The van der Waals surface area contributed by atoms with E-state index in [0.29, 0.717) is 30.8 Å². The molecule has 2 aromatic carbocycles. The van der Waals surface area contributed by atoms with Crippen molar-refractivity contribution in [3.63, 3.8) is 0 Å². The van der Waals surface area contributed by atoms with Gasteiger partial charge in [0.25, 0.3) is 0 Å². The van der Waals surface area contributed by atoms with Crippen LogP contribution >= 0.6 is 0 Å². The van der Waals surface area contributed by atoms with Crippen LogP contribution in [-0.2, 0) is 4.74 Å². The smallest absolute Gasteiger partial charge is 0.201 e. The fourth-order valence-electron chi connectivity index (χ4n) is 3.79. The lowest BCUT2D eigenvalue weighted by Crippen LogP contribution is -2.29. The van der Waals surface area contributed by atoms with Crippen LogP contribution in [0.4, 0.5) is 8.78 Å². The molecule has 0 aliphatic carbocycles. The zero-order chi connectivity index (χ0) is 22.1. The van der Waals surface area contributed by atoms with Gasteiger partial charge in [-0.3, -0.25) is 0 Å². The first-order valence-corrected chi connectivity index (χ1v) is 11.6. The highest BCUT2D eigenvalue weighted by atomic mass is 19.2. The zero-order valence-corrected chi connectivity index (χ0v) is 18.7. The Morgan fingerprint density at radius 1 is 0.903 bits per heavy atom. The van der Waals surface area contributed by atoms with Gasteiger partial charge in [0.15, 0.2) is 11.6 Å². The number of rotatable bonds is 11. The largest absolute Gasteiger partial charge is 0.493 e. The summed E-state index contributed by atoms with van der Waals surface area (Å²) < 4.78 is 46.1. The Hall–Kier alpha value is -2.14. The van der Waals surface area contributed by atoms with Crippen molar-refractivity contribution < 1.29 is 23.0 Å². The van der Waals surface area contributed by atoms with Crippen molar-refractivity contribution in [2.24, 2.45) is 5.92 Å². The first-order valence-electron chi connectivity index (χ1n) is 11.6. The summed E-state index contributed by atoms with van der Waals surface area (Å²) in [5.74, 6) is -0.758. The second-order valence-corrected chi connectivity index (χ2v) is 8.32. The van der Waals surface area contributed by atoms with E-state index in [-0.39, 0.29) is 11.3 Å². The normalized spacial score (nSPS) is 18.7. The minimum atomic E-state index is -0.941. The molecule has 31 heavy (non-hydrogen) atoms. The van der Waals surface area contributed by atoms with E-state index in [4.69, 9.17) is 14.2 Å². The van der Waals surface area contributed by atoms with E-state index in [1.807, 2.05) is 6.92 Å². The van der Waals surface area contributed by atoms with Crippen LogP contribution in [0.1, 0.15) is 58.8 Å². The second-order valence-electron chi connectivity index (χ2n) is 8.32. The average Bonchev–Trinajstić information content (AvgIpc) is 2.80. The van der Waals surface area contributed by atoms with Gasteiger partial charge in [-0.2, -0.15) is 4.39 Å². The summed E-state index contributed by atoms with van der Waals surface area (Å²) in [6, 6.07) is 10.2. The van der Waals surface area contributed by atoms with E-state index in [9.17, 15) is 8.78 Å². The lowest BCUT2D eigenvalue weighted by atomic mass is 9.96. The van der Waals surface area contributed by atoms with Crippen LogP contribution in [0.5, 0.6) is 11.5 Å². The molecule has 1 heterocycles. The molecule has 0 aromatic heterocycles. The molecule has 5 heteroatoms. The molecule has 170 valence electrons. The third kappa shape index (κ3) is 6.67. The van der Waals surface area contributed by atoms with Crippen molar-refractivity contribution in [1.29, 1.82) is 0 Å². The summed E-state index contributed by atoms with van der Waals surface area (Å²) in [6.07, 6.45) is 7.91. The fourth-order valence-corrected chi connectivity index (χ4v) is 3.79. The lowest BCUT2D eigenvalue weighted by Gasteiger charge is -2.29. The summed E-state index contributed by atoms with van der Waals surface area (Å²) >= 11 is 0. The van der Waals surface area contributed by atoms with Crippen LogP contribution in [0.25, 0.3) is 11.1 Å². The molecule has 1 aliphatic heterocycles. The van der Waals surface area contributed by atoms with Gasteiger partial charge in [-0.25, -0.2) is 4.39 Å². The van der Waals surface area contributed by atoms with E-state index >= 15 is 0 Å². The van der Waals surface area contributed by atoms with E-state index in [1.165, 1.54) is 18.9 Å². The maximum atomic E-state index is 14.6. The summed E-state index contributed by atoms with van der Waals surface area (Å²) in [6.45, 7) is 5.94. The Labute approximate surface area is 184 Å². The lowest BCUT2D eigenvalue weighted by molar-refractivity contribution is -0.0312. The maximum absolute atomic E-state index is 14.6. The molecule has 1 aliphatic rings. The summed E-state index contributed by atoms with van der Waals surface area (Å²) in [4.78, 5) is 0. The molecule has 2 aromatic rings. The van der Waals surface area contributed by atoms with E-state index in [2.05, 4.69) is 6.92 Å². The molecule has 2 unspecified atom stereocenters. The van der Waals surface area contributed by atoms with E-state index in [0.717, 1.165) is 44.5 Å². The van der Waals surface area contributed by atoms with Gasteiger partial charge in [0, 0.05) is 11.5 Å². The van der Waals surface area contributed by atoms with Crippen molar-refractivity contribution in [3.05, 3.63) is 48.0 Å². The quantitative estimate of drug-likeness (QED) is 0.352.